The van der Waals surface area contributed by atoms with Crippen LogP contribution in [0.25, 0.3) is 0 Å². The number of hydrogen-bond donors (Lipinski definition) is 1. The quantitative estimate of drug-likeness (QED) is 0.611. The average molecular weight is 412 g/mol. The van der Waals surface area contributed by atoms with Gasteiger partial charge < -0.3 is 20.3 Å². The zero-order valence-electron chi connectivity index (χ0n) is 19.2. The Labute approximate surface area is 179 Å². The van der Waals surface area contributed by atoms with E-state index in [1.165, 1.54) is 31.0 Å². The van der Waals surface area contributed by atoms with Crippen LogP contribution in [0.4, 0.5) is 5.69 Å². The number of anilines is 1. The highest BCUT2D eigenvalue weighted by atomic mass is 32.2. The molecule has 1 heterocycles. The predicted molar refractivity (Wildman–Crippen MR) is 129 cm³/mol. The van der Waals surface area contributed by atoms with Gasteiger partial charge >= 0.3 is 0 Å². The zero-order chi connectivity index (χ0) is 21.2. The predicted octanol–water partition coefficient (Wildman–Crippen LogP) is 4.98. The molecule has 28 heavy (non-hydrogen) atoms. The third-order valence-corrected chi connectivity index (χ3v) is 4.91. The molecule has 0 spiro atoms. The summed E-state index contributed by atoms with van der Waals surface area (Å²) in [6.07, 6.45) is 1.23. The summed E-state index contributed by atoms with van der Waals surface area (Å²) in [6.45, 7) is 19.8. The fourth-order valence-electron chi connectivity index (χ4n) is 2.75. The van der Waals surface area contributed by atoms with Crippen LogP contribution in [0.3, 0.4) is 0 Å². The Morgan fingerprint density at radius 2 is 1.64 bits per heavy atom. The molecule has 1 aromatic rings. The monoisotopic (exact) mass is 411 g/mol. The Morgan fingerprint density at radius 3 is 2.21 bits per heavy atom. The maximum atomic E-state index is 5.53. The summed E-state index contributed by atoms with van der Waals surface area (Å²) >= 11 is 1.96. The van der Waals surface area contributed by atoms with Crippen molar-refractivity contribution >= 4 is 17.4 Å². The van der Waals surface area contributed by atoms with Crippen molar-refractivity contribution in [2.75, 3.05) is 62.3 Å². The van der Waals surface area contributed by atoms with Gasteiger partial charge in [0.15, 0.2) is 0 Å². The number of rotatable bonds is 8. The molecule has 0 atom stereocenters. The minimum Gasteiger partial charge on any atom is -0.494 e. The average Bonchev–Trinajstić information content (AvgIpc) is 2.93. The standard InChI is InChI=1S/C17H29N3OS.C4H10.C2H6/c1-2-21-17-6-4-16(5-7-17)20-10-3-9-19(11-12-20)13-15-22-14-8-18;1-4(2)3;1-2/h4-7H,2-3,8-15,18H2,1H3;4H,1-3H3;1-2H3. The van der Waals surface area contributed by atoms with Gasteiger partial charge in [-0.15, -0.1) is 0 Å². The van der Waals surface area contributed by atoms with Gasteiger partial charge in [-0.25, -0.2) is 0 Å². The van der Waals surface area contributed by atoms with E-state index in [1.807, 2.05) is 32.5 Å². The molecular formula is C23H45N3OS. The molecule has 0 bridgehead atoms. The molecule has 1 aromatic carbocycles. The fourth-order valence-corrected chi connectivity index (χ4v) is 3.51. The Balaban J connectivity index is 0.00000108. The van der Waals surface area contributed by atoms with E-state index in [0.717, 1.165) is 50.2 Å². The summed E-state index contributed by atoms with van der Waals surface area (Å²) in [6, 6.07) is 8.51. The van der Waals surface area contributed by atoms with E-state index < -0.39 is 0 Å². The minimum atomic E-state index is 0.722. The van der Waals surface area contributed by atoms with Gasteiger partial charge in [-0.1, -0.05) is 34.6 Å². The van der Waals surface area contributed by atoms with E-state index >= 15 is 0 Å². The van der Waals surface area contributed by atoms with Crippen LogP contribution in [0.2, 0.25) is 0 Å². The highest BCUT2D eigenvalue weighted by Gasteiger charge is 2.14. The zero-order valence-corrected chi connectivity index (χ0v) is 20.1. The molecule has 0 saturated carbocycles. The van der Waals surface area contributed by atoms with Crippen molar-refractivity contribution in [3.05, 3.63) is 24.3 Å². The Kier molecular flexibility index (Phi) is 17.6. The molecule has 4 nitrogen and oxygen atoms in total. The lowest BCUT2D eigenvalue weighted by atomic mass is 10.2. The van der Waals surface area contributed by atoms with Gasteiger partial charge in [-0.2, -0.15) is 11.8 Å². The van der Waals surface area contributed by atoms with E-state index in [2.05, 4.69) is 54.8 Å². The number of nitrogens with zero attached hydrogens (tertiary/aromatic N) is 2. The molecule has 164 valence electrons. The number of thioether (sulfide) groups is 1. The first-order chi connectivity index (χ1) is 13.6. The molecule has 2 N–H and O–H groups in total. The van der Waals surface area contributed by atoms with E-state index in [1.54, 1.807) is 0 Å². The molecule has 0 aliphatic carbocycles. The topological polar surface area (TPSA) is 41.7 Å². The molecule has 0 amide bonds. The maximum absolute atomic E-state index is 5.53. The highest BCUT2D eigenvalue weighted by molar-refractivity contribution is 7.99. The lowest BCUT2D eigenvalue weighted by molar-refractivity contribution is 0.312. The molecule has 0 radical (unpaired) electrons. The van der Waals surface area contributed by atoms with Crippen molar-refractivity contribution in [3.8, 4) is 5.75 Å². The highest BCUT2D eigenvalue weighted by Crippen LogP contribution is 2.21. The molecule has 0 aromatic heterocycles. The van der Waals surface area contributed by atoms with Crippen LogP contribution in [-0.2, 0) is 0 Å². The van der Waals surface area contributed by atoms with Crippen LogP contribution >= 0.6 is 11.8 Å². The second-order valence-electron chi connectivity index (χ2n) is 7.24. The Morgan fingerprint density at radius 1 is 1.00 bits per heavy atom. The second-order valence-corrected chi connectivity index (χ2v) is 8.47. The normalized spacial score (nSPS) is 14.5. The largest absolute Gasteiger partial charge is 0.494 e. The first-order valence-corrected chi connectivity index (χ1v) is 12.2. The van der Waals surface area contributed by atoms with Crippen LogP contribution in [0, 0.1) is 5.92 Å². The van der Waals surface area contributed by atoms with Crippen molar-refractivity contribution in [1.29, 1.82) is 0 Å². The lowest BCUT2D eigenvalue weighted by Crippen LogP contribution is -2.32. The SMILES string of the molecule is CC.CC(C)C.CCOc1ccc(N2CCCN(CCSCCN)CC2)cc1. The van der Waals surface area contributed by atoms with E-state index in [-0.39, 0.29) is 0 Å². The smallest absolute Gasteiger partial charge is 0.119 e. The van der Waals surface area contributed by atoms with Gasteiger partial charge in [-0.3, -0.25) is 0 Å². The summed E-state index contributed by atoms with van der Waals surface area (Å²) in [5.74, 6) is 4.06. The first-order valence-electron chi connectivity index (χ1n) is 11.0. The van der Waals surface area contributed by atoms with Crippen LogP contribution in [0.1, 0.15) is 48.0 Å². The van der Waals surface area contributed by atoms with Crippen LogP contribution in [0.15, 0.2) is 24.3 Å². The van der Waals surface area contributed by atoms with Crippen LogP contribution in [0.5, 0.6) is 5.75 Å². The lowest BCUT2D eigenvalue weighted by Gasteiger charge is -2.23. The van der Waals surface area contributed by atoms with Crippen molar-refractivity contribution in [2.24, 2.45) is 11.7 Å². The van der Waals surface area contributed by atoms with E-state index in [4.69, 9.17) is 10.5 Å². The molecule has 5 heteroatoms. The van der Waals surface area contributed by atoms with Crippen molar-refractivity contribution in [2.45, 2.75) is 48.0 Å². The van der Waals surface area contributed by atoms with Gasteiger partial charge in [0.1, 0.15) is 5.75 Å². The van der Waals surface area contributed by atoms with E-state index in [9.17, 15) is 0 Å². The van der Waals surface area contributed by atoms with Gasteiger partial charge in [0.05, 0.1) is 6.61 Å². The molecule has 1 aliphatic rings. The fraction of sp³-hybridized carbons (Fsp3) is 0.739. The van der Waals surface area contributed by atoms with Crippen molar-refractivity contribution in [3.63, 3.8) is 0 Å². The number of benzene rings is 1. The van der Waals surface area contributed by atoms with Gasteiger partial charge in [-0.05, 0) is 50.1 Å². The van der Waals surface area contributed by atoms with Crippen molar-refractivity contribution in [1.82, 2.24) is 4.90 Å². The summed E-state index contributed by atoms with van der Waals surface area (Å²) in [4.78, 5) is 5.07. The summed E-state index contributed by atoms with van der Waals surface area (Å²) in [5, 5.41) is 0. The molecule has 1 aliphatic heterocycles. The first kappa shape index (κ1) is 27.1. The van der Waals surface area contributed by atoms with Gasteiger partial charge in [0.2, 0.25) is 0 Å². The summed E-state index contributed by atoms with van der Waals surface area (Å²) < 4.78 is 5.52. The number of ether oxygens (including phenoxy) is 1. The molecule has 1 saturated heterocycles. The molecular weight excluding hydrogens is 366 g/mol. The molecule has 1 fully saturated rings. The third kappa shape index (κ3) is 13.3. The summed E-state index contributed by atoms with van der Waals surface area (Å²) in [5.41, 5.74) is 6.84. The summed E-state index contributed by atoms with van der Waals surface area (Å²) in [7, 11) is 0. The molecule has 0 unspecified atom stereocenters. The van der Waals surface area contributed by atoms with Crippen LogP contribution < -0.4 is 15.4 Å². The van der Waals surface area contributed by atoms with Crippen LogP contribution in [-0.4, -0.2) is 62.3 Å². The van der Waals surface area contributed by atoms with Crippen molar-refractivity contribution < 1.29 is 4.74 Å². The molecule has 2 rings (SSSR count). The minimum absolute atomic E-state index is 0.722. The Hall–Kier alpha value is -0.910. The van der Waals surface area contributed by atoms with Gasteiger partial charge in [0.25, 0.3) is 0 Å². The van der Waals surface area contributed by atoms with E-state index in [0.29, 0.717) is 0 Å². The number of hydrogen-bond acceptors (Lipinski definition) is 5. The third-order valence-electron chi connectivity index (χ3n) is 3.92. The number of nitrogens with two attached hydrogens (primary N) is 1. The second kappa shape index (κ2) is 18.1. The Bertz CT molecular complexity index is 451. The van der Waals surface area contributed by atoms with Gasteiger partial charge in [0, 0.05) is 49.9 Å². The maximum Gasteiger partial charge on any atom is 0.119 e.